The topological polar surface area (TPSA) is 25.6 Å². The van der Waals surface area contributed by atoms with Crippen LogP contribution in [0.4, 0.5) is 5.69 Å². The highest BCUT2D eigenvalue weighted by molar-refractivity contribution is 6.03. The summed E-state index contributed by atoms with van der Waals surface area (Å²) >= 11 is 0. The summed E-state index contributed by atoms with van der Waals surface area (Å²) in [7, 11) is 7.40. The summed E-state index contributed by atoms with van der Waals surface area (Å²) in [5.41, 5.74) is 3.37. The number of aromatic nitrogens is 1. The number of methoxy groups -OCH3 is 2. The molecule has 0 unspecified atom stereocenters. The van der Waals surface area contributed by atoms with Gasteiger partial charge in [0.25, 0.3) is 5.52 Å². The number of pyridine rings is 1. The first-order valence-electron chi connectivity index (χ1n) is 6.15. The second-order valence-corrected chi connectivity index (χ2v) is 4.66. The number of anilines is 1. The number of benzene rings is 1. The fraction of sp³-hybridized carbons (Fsp3) is 0.267. The highest BCUT2D eigenvalue weighted by atomic mass is 127. The van der Waals surface area contributed by atoms with Crippen LogP contribution in [0.5, 0.6) is 11.5 Å². The zero-order valence-corrected chi connectivity index (χ0v) is 14.1. The van der Waals surface area contributed by atoms with Gasteiger partial charge in [-0.3, -0.25) is 0 Å². The van der Waals surface area contributed by atoms with Crippen LogP contribution in [0.3, 0.4) is 0 Å². The van der Waals surface area contributed by atoms with Crippen molar-refractivity contribution in [2.45, 2.75) is 0 Å². The van der Waals surface area contributed by atoms with Crippen molar-refractivity contribution in [1.82, 2.24) is 0 Å². The van der Waals surface area contributed by atoms with Crippen LogP contribution < -0.4 is 42.9 Å². The third kappa shape index (κ3) is 2.00. The first-order chi connectivity index (χ1) is 9.17. The molecule has 2 heterocycles. The number of ether oxygens (including phenoxy) is 2. The van der Waals surface area contributed by atoms with E-state index in [0.717, 1.165) is 22.6 Å². The maximum absolute atomic E-state index is 5.56. The third-order valence-electron chi connectivity index (χ3n) is 3.60. The monoisotopic (exact) mass is 384 g/mol. The number of nitrogens with zero attached hydrogens (tertiary/aromatic N) is 2. The molecule has 0 bridgehead atoms. The number of rotatable bonds is 2. The average molecular weight is 384 g/mol. The van der Waals surface area contributed by atoms with E-state index in [4.69, 9.17) is 9.47 Å². The van der Waals surface area contributed by atoms with E-state index in [1.54, 1.807) is 14.2 Å². The quantitative estimate of drug-likeness (QED) is 0.496. The SMILES string of the molecule is COc1cc2c3c(cc[n+](C)c3c1OC)N(C)C=C2.[I-]. The molecule has 2 aromatic rings. The van der Waals surface area contributed by atoms with Crippen LogP contribution in [0.2, 0.25) is 0 Å². The molecule has 1 aliphatic rings. The molecule has 0 saturated carbocycles. The minimum Gasteiger partial charge on any atom is -1.00 e. The summed E-state index contributed by atoms with van der Waals surface area (Å²) in [6, 6.07) is 4.13. The normalized spacial score (nSPS) is 12.3. The number of hydrogen-bond acceptors (Lipinski definition) is 3. The lowest BCUT2D eigenvalue weighted by Gasteiger charge is -2.22. The van der Waals surface area contributed by atoms with E-state index in [1.165, 1.54) is 11.1 Å². The molecule has 0 aliphatic carbocycles. The van der Waals surface area contributed by atoms with Gasteiger partial charge in [-0.1, -0.05) is 0 Å². The molecule has 1 aliphatic heterocycles. The molecule has 5 heteroatoms. The van der Waals surface area contributed by atoms with Crippen molar-refractivity contribution in [3.63, 3.8) is 0 Å². The molecule has 0 amide bonds. The molecule has 0 saturated heterocycles. The maximum atomic E-state index is 5.56. The zero-order valence-electron chi connectivity index (χ0n) is 12.0. The molecule has 20 heavy (non-hydrogen) atoms. The Kier molecular flexibility index (Phi) is 4.08. The minimum absolute atomic E-state index is 0. The molecular weight excluding hydrogens is 367 g/mol. The van der Waals surface area contributed by atoms with Gasteiger partial charge in [-0.2, -0.15) is 4.57 Å². The predicted molar refractivity (Wildman–Crippen MR) is 75.7 cm³/mol. The Labute approximate surface area is 135 Å². The lowest BCUT2D eigenvalue weighted by molar-refractivity contribution is -0.645. The van der Waals surface area contributed by atoms with Crippen molar-refractivity contribution < 1.29 is 38.0 Å². The molecule has 4 nitrogen and oxygen atoms in total. The van der Waals surface area contributed by atoms with Crippen molar-refractivity contribution in [1.29, 1.82) is 0 Å². The van der Waals surface area contributed by atoms with Crippen LogP contribution in [-0.2, 0) is 7.05 Å². The standard InChI is InChI=1S/C15H17N2O2.HI/c1-16-7-5-10-9-12(18-3)15(19-4)14-13(10)11(16)6-8-17(14)2;/h5-9H,1-4H3;1H/q+1;/p-1. The van der Waals surface area contributed by atoms with Gasteiger partial charge in [0.1, 0.15) is 7.05 Å². The molecule has 106 valence electrons. The fourth-order valence-electron chi connectivity index (χ4n) is 2.64. The largest absolute Gasteiger partial charge is 1.00 e. The van der Waals surface area contributed by atoms with Gasteiger partial charge >= 0.3 is 0 Å². The van der Waals surface area contributed by atoms with Gasteiger partial charge in [0.2, 0.25) is 5.75 Å². The van der Waals surface area contributed by atoms with Crippen molar-refractivity contribution in [2.24, 2.45) is 7.05 Å². The van der Waals surface area contributed by atoms with E-state index in [-0.39, 0.29) is 24.0 Å². The Morgan fingerprint density at radius 3 is 2.60 bits per heavy atom. The Hall–Kier alpha value is -1.50. The van der Waals surface area contributed by atoms with E-state index in [0.29, 0.717) is 0 Å². The molecule has 0 N–H and O–H groups in total. The smallest absolute Gasteiger partial charge is 0.261 e. The van der Waals surface area contributed by atoms with Gasteiger partial charge in [-0.15, -0.1) is 0 Å². The van der Waals surface area contributed by atoms with Crippen LogP contribution in [-0.4, -0.2) is 21.3 Å². The lowest BCUT2D eigenvalue weighted by atomic mass is 10.0. The summed E-state index contributed by atoms with van der Waals surface area (Å²) in [5, 5.41) is 1.19. The van der Waals surface area contributed by atoms with Crippen LogP contribution in [0.15, 0.2) is 24.5 Å². The zero-order chi connectivity index (χ0) is 13.6. The van der Waals surface area contributed by atoms with Gasteiger partial charge in [0.05, 0.1) is 25.3 Å². The number of aryl methyl sites for hydroxylation is 1. The first kappa shape index (κ1) is 14.9. The molecule has 1 aromatic heterocycles. The average Bonchev–Trinajstić information content (AvgIpc) is 2.43. The minimum atomic E-state index is 0. The van der Waals surface area contributed by atoms with Gasteiger partial charge in [0, 0.05) is 19.3 Å². The van der Waals surface area contributed by atoms with Crippen LogP contribution in [0.25, 0.3) is 17.0 Å². The van der Waals surface area contributed by atoms with Crippen LogP contribution in [0.1, 0.15) is 5.56 Å². The van der Waals surface area contributed by atoms with E-state index in [1.807, 2.05) is 26.4 Å². The Bertz CT molecular complexity index is 698. The van der Waals surface area contributed by atoms with Gasteiger partial charge in [0.15, 0.2) is 11.9 Å². The van der Waals surface area contributed by atoms with Gasteiger partial charge in [-0.05, 0) is 17.7 Å². The predicted octanol–water partition coefficient (Wildman–Crippen LogP) is -0.894. The maximum Gasteiger partial charge on any atom is 0.261 e. The molecule has 1 aromatic carbocycles. The molecule has 3 rings (SSSR count). The molecule has 0 atom stereocenters. The molecule has 0 fully saturated rings. The lowest BCUT2D eigenvalue weighted by Crippen LogP contribution is -3.00. The van der Waals surface area contributed by atoms with Crippen molar-refractivity contribution in [3.8, 4) is 11.5 Å². The highest BCUT2D eigenvalue weighted by Gasteiger charge is 2.25. The summed E-state index contributed by atoms with van der Waals surface area (Å²) in [6.07, 6.45) is 6.19. The second-order valence-electron chi connectivity index (χ2n) is 4.66. The van der Waals surface area contributed by atoms with Gasteiger partial charge in [-0.25, -0.2) is 0 Å². The summed E-state index contributed by atoms with van der Waals surface area (Å²) in [4.78, 5) is 2.11. The summed E-state index contributed by atoms with van der Waals surface area (Å²) in [6.45, 7) is 0. The van der Waals surface area contributed by atoms with E-state index >= 15 is 0 Å². The molecule has 0 spiro atoms. The van der Waals surface area contributed by atoms with Gasteiger partial charge < -0.3 is 38.4 Å². The Balaban J connectivity index is 0.00000147. The van der Waals surface area contributed by atoms with E-state index in [9.17, 15) is 0 Å². The Morgan fingerprint density at radius 2 is 1.95 bits per heavy atom. The fourth-order valence-corrected chi connectivity index (χ4v) is 2.64. The summed E-state index contributed by atoms with van der Waals surface area (Å²) < 4.78 is 13.1. The first-order valence-corrected chi connectivity index (χ1v) is 6.15. The highest BCUT2D eigenvalue weighted by Crippen LogP contribution is 2.41. The summed E-state index contributed by atoms with van der Waals surface area (Å²) in [5.74, 6) is 1.53. The third-order valence-corrected chi connectivity index (χ3v) is 3.60. The van der Waals surface area contributed by atoms with E-state index in [2.05, 4.69) is 27.8 Å². The van der Waals surface area contributed by atoms with Crippen LogP contribution in [0, 0.1) is 0 Å². The Morgan fingerprint density at radius 1 is 1.20 bits per heavy atom. The van der Waals surface area contributed by atoms with Crippen molar-refractivity contribution >= 4 is 22.7 Å². The number of halogens is 1. The number of hydrogen-bond donors (Lipinski definition) is 0. The van der Waals surface area contributed by atoms with Crippen LogP contribution >= 0.6 is 0 Å². The molecule has 0 radical (unpaired) electrons. The van der Waals surface area contributed by atoms with Crippen molar-refractivity contribution in [2.75, 3.05) is 26.2 Å². The second kappa shape index (κ2) is 5.47. The van der Waals surface area contributed by atoms with Crippen molar-refractivity contribution in [3.05, 3.63) is 30.1 Å². The molecular formula is C15H17IN2O2. The van der Waals surface area contributed by atoms with E-state index < -0.39 is 0 Å².